The van der Waals surface area contributed by atoms with E-state index in [9.17, 15) is 54.3 Å². The predicted molar refractivity (Wildman–Crippen MR) is 277 cm³/mol. The van der Waals surface area contributed by atoms with Crippen molar-refractivity contribution < 1.29 is 59.0 Å². The van der Waals surface area contributed by atoms with E-state index in [1.807, 2.05) is 30.3 Å². The van der Waals surface area contributed by atoms with Crippen LogP contribution in [0.3, 0.4) is 0 Å². The summed E-state index contributed by atoms with van der Waals surface area (Å²) in [6.45, 7) is 13.9. The van der Waals surface area contributed by atoms with Gasteiger partial charge in [0.2, 0.25) is 0 Å². The van der Waals surface area contributed by atoms with E-state index in [4.69, 9.17) is 61.7 Å². The molecule has 0 bridgehead atoms. The van der Waals surface area contributed by atoms with E-state index < -0.39 is 92.4 Å². The Kier molecular flexibility index (Phi) is 20.9. The second kappa shape index (κ2) is 25.1. The highest BCUT2D eigenvalue weighted by molar-refractivity contribution is 9.08. The Hall–Kier alpha value is -5.22. The smallest absolute Gasteiger partial charge is 0.381 e. The van der Waals surface area contributed by atoms with Crippen molar-refractivity contribution in [3.8, 4) is 12.1 Å². The summed E-state index contributed by atoms with van der Waals surface area (Å²) in [5.74, 6) is -7.74. The van der Waals surface area contributed by atoms with E-state index in [1.54, 1.807) is 41.5 Å². The highest BCUT2D eigenvalue weighted by Gasteiger charge is 2.64. The maximum Gasteiger partial charge on any atom is 0.471 e. The maximum absolute atomic E-state index is 14.1. The van der Waals surface area contributed by atoms with Crippen molar-refractivity contribution in [3.63, 3.8) is 0 Å². The molecule has 0 unspecified atom stereocenters. The van der Waals surface area contributed by atoms with Gasteiger partial charge in [0.15, 0.2) is 11.6 Å². The lowest BCUT2D eigenvalue weighted by atomic mass is 9.87. The summed E-state index contributed by atoms with van der Waals surface area (Å²) < 4.78 is 113. The summed E-state index contributed by atoms with van der Waals surface area (Å²) in [7, 11) is 0. The first kappa shape index (κ1) is 63.3. The van der Waals surface area contributed by atoms with Crippen LogP contribution < -0.4 is 9.80 Å². The van der Waals surface area contributed by atoms with Crippen LogP contribution in [0.5, 0.6) is 0 Å². The third-order valence-electron chi connectivity index (χ3n) is 11.9. The van der Waals surface area contributed by atoms with Crippen LogP contribution >= 0.6 is 62.3 Å². The van der Waals surface area contributed by atoms with Crippen molar-refractivity contribution in [2.75, 3.05) is 23.0 Å². The summed E-state index contributed by atoms with van der Waals surface area (Å²) >= 11 is 26.7. The molecule has 3 saturated heterocycles. The molecule has 0 aliphatic carbocycles. The molecule has 0 N–H and O–H groups in total. The second-order valence-electron chi connectivity index (χ2n) is 19.9. The SMILES string of the molecule is C1CCOC1.CC(C)(C)[C@@H]1N(c2cc(Cl)c(F)c(Cl)c2)C(=O)[C@@](C)(Cc2ccc(C#N)cc2)N1C(=O)C(F)(F)F.C[C@@H]1C(=O)N(c2cc(Cl)c(F)c(Cl)c2)[C@@H](C(C)(C)C)N1C(=O)C(F)(F)F.N#Cc1ccc(CBr)cc1. The van der Waals surface area contributed by atoms with Gasteiger partial charge in [-0.25, -0.2) is 8.78 Å². The van der Waals surface area contributed by atoms with Crippen LogP contribution in [0.2, 0.25) is 20.1 Å². The van der Waals surface area contributed by atoms with Crippen LogP contribution in [-0.2, 0) is 35.7 Å². The van der Waals surface area contributed by atoms with Crippen LogP contribution in [0.4, 0.5) is 46.5 Å². The Balaban J connectivity index is 0.000000263. The molecule has 3 aliphatic rings. The number of ether oxygens (including phenoxy) is 1. The van der Waals surface area contributed by atoms with Crippen molar-refractivity contribution in [1.82, 2.24) is 9.80 Å². The highest BCUT2D eigenvalue weighted by Crippen LogP contribution is 2.47. The number of anilines is 2. The van der Waals surface area contributed by atoms with Crippen LogP contribution in [0.1, 0.15) is 90.5 Å². The van der Waals surface area contributed by atoms with Gasteiger partial charge < -0.3 is 9.64 Å². The van der Waals surface area contributed by atoms with Gasteiger partial charge in [0.25, 0.3) is 11.8 Å². The van der Waals surface area contributed by atoms with E-state index in [0.29, 0.717) is 26.5 Å². The first-order valence-electron chi connectivity index (χ1n) is 22.9. The molecule has 0 aromatic heterocycles. The molecule has 11 nitrogen and oxygen atoms in total. The maximum atomic E-state index is 14.1. The molecule has 4 aromatic carbocycles. The largest absolute Gasteiger partial charge is 0.471 e. The number of nitrogens with zero attached hydrogens (tertiary/aromatic N) is 6. The molecule has 76 heavy (non-hydrogen) atoms. The van der Waals surface area contributed by atoms with Crippen LogP contribution in [0.25, 0.3) is 0 Å². The summed E-state index contributed by atoms with van der Waals surface area (Å²) in [5.41, 5.74) is -1.38. The Morgan fingerprint density at radius 3 is 1.38 bits per heavy atom. The number of alkyl halides is 7. The average Bonchev–Trinajstić information content (AvgIpc) is 4.07. The molecule has 0 spiro atoms. The van der Waals surface area contributed by atoms with Crippen LogP contribution in [0.15, 0.2) is 72.8 Å². The number of hydrogen-bond donors (Lipinski definition) is 0. The zero-order valence-electron chi connectivity index (χ0n) is 42.0. The molecule has 7 rings (SSSR count). The van der Waals surface area contributed by atoms with E-state index >= 15 is 0 Å². The summed E-state index contributed by atoms with van der Waals surface area (Å²) in [5, 5.41) is 16.7. The minimum Gasteiger partial charge on any atom is -0.381 e. The Morgan fingerprint density at radius 1 is 0.671 bits per heavy atom. The molecular formula is C52H51BrCl4F8N6O5. The fraction of sp³-hybridized carbons (Fsp3) is 0.423. The number of benzene rings is 4. The highest BCUT2D eigenvalue weighted by atomic mass is 79.9. The molecule has 0 radical (unpaired) electrons. The zero-order chi connectivity index (χ0) is 57.6. The van der Waals surface area contributed by atoms with Gasteiger partial charge in [-0.05, 0) is 86.3 Å². The Labute approximate surface area is 463 Å². The van der Waals surface area contributed by atoms with Gasteiger partial charge in [0, 0.05) is 47.2 Å². The first-order valence-corrected chi connectivity index (χ1v) is 25.6. The number of hydrogen-bond acceptors (Lipinski definition) is 7. The normalized spacial score (nSPS) is 19.7. The third-order valence-corrected chi connectivity index (χ3v) is 13.6. The molecule has 4 aromatic rings. The molecule has 0 saturated carbocycles. The van der Waals surface area contributed by atoms with Crippen LogP contribution in [0, 0.1) is 45.1 Å². The molecule has 4 amide bonds. The standard InChI is InChI=1S/C24H21Cl2F4N3O2.C16H16Cl2F4N2O2.C8H6BrN.C4H8O/c1-22(2,3)19-32(15-9-16(25)18(27)17(26)10-15)20(34)23(4,33(19)21(35)24(28,29)30)11-13-5-7-14(12-31)8-6-13;1-7-12(25)24(8-5-9(17)11(19)10(18)6-8)13(15(2,3)4)23(7)14(26)16(20,21)22;9-5-7-1-3-8(6-10)4-2-7;1-2-4-5-3-1/h5-10,19H,11H2,1-4H3;5-7,13H,1-4H3;1-4H,5H2;1-4H2/t19-,23-;7-,13+;;/m11../s1. The number of carbonyl (C=O) groups is 4. The molecule has 24 heteroatoms. The number of amides is 4. The molecule has 4 atom stereocenters. The van der Waals surface area contributed by atoms with E-state index in [1.165, 1.54) is 56.5 Å². The number of halogens is 13. The van der Waals surface area contributed by atoms with E-state index in [-0.39, 0.29) is 27.8 Å². The van der Waals surface area contributed by atoms with Gasteiger partial charge in [0.05, 0.1) is 43.4 Å². The quantitative estimate of drug-likeness (QED) is 0.110. The van der Waals surface area contributed by atoms with Gasteiger partial charge in [-0.15, -0.1) is 0 Å². The van der Waals surface area contributed by atoms with Gasteiger partial charge in [0.1, 0.15) is 23.9 Å². The Bertz CT molecular complexity index is 2810. The van der Waals surface area contributed by atoms with Crippen molar-refractivity contribution in [2.45, 2.75) is 116 Å². The van der Waals surface area contributed by atoms with Crippen LogP contribution in [-0.4, -0.2) is 82.9 Å². The van der Waals surface area contributed by atoms with Crippen molar-refractivity contribution in [3.05, 3.63) is 127 Å². The summed E-state index contributed by atoms with van der Waals surface area (Å²) in [4.78, 5) is 54.4. The monoisotopic (exact) mass is 1210 g/mol. The fourth-order valence-corrected chi connectivity index (χ4v) is 9.77. The third kappa shape index (κ3) is 14.7. The van der Waals surface area contributed by atoms with Gasteiger partial charge in [-0.1, -0.05) is 128 Å². The lowest BCUT2D eigenvalue weighted by Gasteiger charge is -2.42. The van der Waals surface area contributed by atoms with Gasteiger partial charge in [-0.3, -0.25) is 33.9 Å². The fourth-order valence-electron chi connectivity index (χ4n) is 8.44. The summed E-state index contributed by atoms with van der Waals surface area (Å²) in [6.07, 6.45) is -10.8. The van der Waals surface area contributed by atoms with Gasteiger partial charge >= 0.3 is 24.2 Å². The second-order valence-corrected chi connectivity index (χ2v) is 22.1. The topological polar surface area (TPSA) is 138 Å². The number of nitriles is 2. The lowest BCUT2D eigenvalue weighted by molar-refractivity contribution is -0.194. The zero-order valence-corrected chi connectivity index (χ0v) is 46.7. The minimum absolute atomic E-state index is 0.00986. The number of rotatable bonds is 5. The predicted octanol–water partition coefficient (Wildman–Crippen LogP) is 14.0. The molecular weight excluding hydrogens is 1160 g/mol. The molecule has 3 heterocycles. The van der Waals surface area contributed by atoms with E-state index in [0.717, 1.165) is 52.6 Å². The average molecular weight is 1210 g/mol. The lowest BCUT2D eigenvalue weighted by Crippen LogP contribution is -2.59. The molecule has 410 valence electrons. The van der Waals surface area contributed by atoms with Crippen molar-refractivity contribution >= 4 is 97.3 Å². The van der Waals surface area contributed by atoms with E-state index in [2.05, 4.69) is 22.0 Å². The van der Waals surface area contributed by atoms with Gasteiger partial charge in [-0.2, -0.15) is 36.9 Å². The van der Waals surface area contributed by atoms with Crippen molar-refractivity contribution in [2.24, 2.45) is 10.8 Å². The minimum atomic E-state index is -5.27. The molecule has 3 aliphatic heterocycles. The first-order chi connectivity index (χ1) is 35.1. The van der Waals surface area contributed by atoms with Crippen molar-refractivity contribution in [1.29, 1.82) is 10.5 Å². The molecule has 3 fully saturated rings. The number of carbonyl (C=O) groups excluding carboxylic acids is 4. The summed E-state index contributed by atoms with van der Waals surface area (Å²) in [6, 6.07) is 20.4. The Morgan fingerprint density at radius 2 is 1.05 bits per heavy atom.